The number of carbonyl (C=O) groups excluding carboxylic acids is 1. The Morgan fingerprint density at radius 1 is 1.16 bits per heavy atom. The van der Waals surface area contributed by atoms with E-state index in [1.807, 2.05) is 36.6 Å². The first kappa shape index (κ1) is 22.0. The molecule has 0 fully saturated rings. The first-order valence-electron chi connectivity index (χ1n) is 9.70. The number of amides is 1. The number of nitrogens with one attached hydrogen (secondary N) is 1. The number of benzene rings is 2. The van der Waals surface area contributed by atoms with Crippen molar-refractivity contribution < 1.29 is 13.9 Å². The predicted octanol–water partition coefficient (Wildman–Crippen LogP) is 4.70. The third kappa shape index (κ3) is 5.51. The van der Waals surface area contributed by atoms with Gasteiger partial charge in [0.1, 0.15) is 18.2 Å². The largest absolute Gasteiger partial charge is 0.486 e. The molecule has 164 valence electrons. The first-order chi connectivity index (χ1) is 15.5. The minimum absolute atomic E-state index is 0.171. The maximum atomic E-state index is 13.0. The number of rotatable bonds is 8. The summed E-state index contributed by atoms with van der Waals surface area (Å²) < 4.78 is 20.3. The molecule has 32 heavy (non-hydrogen) atoms. The molecule has 2 aromatic heterocycles. The second-order valence-electron chi connectivity index (χ2n) is 6.94. The maximum Gasteiger partial charge on any atom is 0.236 e. The van der Waals surface area contributed by atoms with Gasteiger partial charge in [0, 0.05) is 18.0 Å². The van der Waals surface area contributed by atoms with Crippen LogP contribution in [0, 0.1) is 12.7 Å². The molecule has 2 aromatic carbocycles. The van der Waals surface area contributed by atoms with Crippen molar-refractivity contribution in [2.75, 3.05) is 11.1 Å². The first-order valence-corrected chi connectivity index (χ1v) is 11.6. The van der Waals surface area contributed by atoms with E-state index >= 15 is 0 Å². The van der Waals surface area contributed by atoms with E-state index < -0.39 is 0 Å². The number of aromatic nitrogens is 4. The Morgan fingerprint density at radius 3 is 2.66 bits per heavy atom. The zero-order valence-corrected chi connectivity index (χ0v) is 19.0. The van der Waals surface area contributed by atoms with Crippen LogP contribution in [0.25, 0.3) is 11.3 Å². The molecule has 1 amide bonds. The van der Waals surface area contributed by atoms with E-state index in [2.05, 4.69) is 20.5 Å². The fourth-order valence-electron chi connectivity index (χ4n) is 2.75. The molecule has 0 spiro atoms. The highest BCUT2D eigenvalue weighted by Gasteiger charge is 2.13. The molecule has 0 radical (unpaired) electrons. The molecule has 7 nitrogen and oxygen atoms in total. The molecule has 4 rings (SSSR count). The summed E-state index contributed by atoms with van der Waals surface area (Å²) in [6.07, 6.45) is 0. The van der Waals surface area contributed by atoms with Gasteiger partial charge in [-0.3, -0.25) is 4.79 Å². The van der Waals surface area contributed by atoms with Gasteiger partial charge in [-0.05, 0) is 31.2 Å². The standard InChI is InChI=1S/C22H20FN5O2S2/c1-14-3-5-15(6-4-14)18-12-31-21(24-18)25-20(29)13-32-22-27-26-19(28(22)2)11-30-17-9-7-16(23)8-10-17/h3-10,12H,11,13H2,1-2H3,(H,24,25,29). The van der Waals surface area contributed by atoms with Gasteiger partial charge in [0.25, 0.3) is 0 Å². The molecular weight excluding hydrogens is 449 g/mol. The molecule has 0 aliphatic heterocycles. The number of hydrogen-bond acceptors (Lipinski definition) is 7. The van der Waals surface area contributed by atoms with Gasteiger partial charge in [-0.1, -0.05) is 41.6 Å². The molecule has 0 unspecified atom stereocenters. The Balaban J connectivity index is 1.29. The van der Waals surface area contributed by atoms with Gasteiger partial charge in [-0.2, -0.15) is 0 Å². The number of hydrogen-bond donors (Lipinski definition) is 1. The number of thioether (sulfide) groups is 1. The monoisotopic (exact) mass is 469 g/mol. The Kier molecular flexibility index (Phi) is 6.81. The Morgan fingerprint density at radius 2 is 1.91 bits per heavy atom. The van der Waals surface area contributed by atoms with Gasteiger partial charge in [-0.15, -0.1) is 21.5 Å². The van der Waals surface area contributed by atoms with Crippen LogP contribution in [-0.2, 0) is 18.4 Å². The number of anilines is 1. The van der Waals surface area contributed by atoms with Crippen LogP contribution in [0.5, 0.6) is 5.75 Å². The van der Waals surface area contributed by atoms with Crippen molar-refractivity contribution in [3.63, 3.8) is 0 Å². The predicted molar refractivity (Wildman–Crippen MR) is 123 cm³/mol. The van der Waals surface area contributed by atoms with Gasteiger partial charge >= 0.3 is 0 Å². The normalized spacial score (nSPS) is 10.8. The summed E-state index contributed by atoms with van der Waals surface area (Å²) in [4.78, 5) is 16.8. The van der Waals surface area contributed by atoms with Crippen molar-refractivity contribution in [2.24, 2.45) is 7.05 Å². The van der Waals surface area contributed by atoms with Gasteiger partial charge in [0.15, 0.2) is 16.1 Å². The lowest BCUT2D eigenvalue weighted by molar-refractivity contribution is -0.113. The smallest absolute Gasteiger partial charge is 0.236 e. The van der Waals surface area contributed by atoms with Crippen molar-refractivity contribution in [1.82, 2.24) is 19.7 Å². The number of halogens is 1. The van der Waals surface area contributed by atoms with Crippen LogP contribution < -0.4 is 10.1 Å². The highest BCUT2D eigenvalue weighted by atomic mass is 32.2. The fourth-order valence-corrected chi connectivity index (χ4v) is 4.21. The average molecular weight is 470 g/mol. The van der Waals surface area contributed by atoms with E-state index in [0.29, 0.717) is 21.9 Å². The summed E-state index contributed by atoms with van der Waals surface area (Å²) in [6.45, 7) is 2.22. The number of aryl methyl sites for hydroxylation is 1. The SMILES string of the molecule is Cc1ccc(-c2csc(NC(=O)CSc3nnc(COc4ccc(F)cc4)n3C)n2)cc1. The van der Waals surface area contributed by atoms with Crippen LogP contribution in [0.4, 0.5) is 9.52 Å². The minimum atomic E-state index is -0.322. The summed E-state index contributed by atoms with van der Waals surface area (Å²) in [6, 6.07) is 13.8. The average Bonchev–Trinajstić information content (AvgIpc) is 3.39. The summed E-state index contributed by atoms with van der Waals surface area (Å²) in [7, 11) is 1.80. The fraction of sp³-hybridized carbons (Fsp3) is 0.182. The molecule has 0 atom stereocenters. The molecule has 10 heteroatoms. The maximum absolute atomic E-state index is 13.0. The third-order valence-electron chi connectivity index (χ3n) is 4.54. The molecular formula is C22H20FN5O2S2. The number of nitrogens with zero attached hydrogens (tertiary/aromatic N) is 4. The lowest BCUT2D eigenvalue weighted by Gasteiger charge is -2.06. The zero-order chi connectivity index (χ0) is 22.5. The van der Waals surface area contributed by atoms with Gasteiger partial charge in [0.2, 0.25) is 5.91 Å². The highest BCUT2D eigenvalue weighted by Crippen LogP contribution is 2.25. The quantitative estimate of drug-likeness (QED) is 0.377. The van der Waals surface area contributed by atoms with E-state index in [9.17, 15) is 9.18 Å². The van der Waals surface area contributed by atoms with Crippen LogP contribution in [-0.4, -0.2) is 31.4 Å². The summed E-state index contributed by atoms with van der Waals surface area (Å²) in [5.41, 5.74) is 3.02. The topological polar surface area (TPSA) is 81.9 Å². The number of ether oxygens (including phenoxy) is 1. The summed E-state index contributed by atoms with van der Waals surface area (Å²) >= 11 is 2.66. The van der Waals surface area contributed by atoms with Crippen molar-refractivity contribution in [1.29, 1.82) is 0 Å². The number of thiazole rings is 1. The van der Waals surface area contributed by atoms with Crippen molar-refractivity contribution >= 4 is 34.1 Å². The lowest BCUT2D eigenvalue weighted by Crippen LogP contribution is -2.14. The number of carbonyl (C=O) groups is 1. The third-order valence-corrected chi connectivity index (χ3v) is 6.31. The van der Waals surface area contributed by atoms with Crippen LogP contribution >= 0.6 is 23.1 Å². The highest BCUT2D eigenvalue weighted by molar-refractivity contribution is 7.99. The Hall–Kier alpha value is -3.24. The van der Waals surface area contributed by atoms with Crippen molar-refractivity contribution in [3.05, 3.63) is 71.1 Å². The van der Waals surface area contributed by atoms with Gasteiger partial charge in [-0.25, -0.2) is 9.37 Å². The van der Waals surface area contributed by atoms with E-state index in [0.717, 1.165) is 11.3 Å². The molecule has 0 saturated heterocycles. The van der Waals surface area contributed by atoms with E-state index in [1.165, 1.54) is 40.8 Å². The van der Waals surface area contributed by atoms with E-state index in [1.54, 1.807) is 23.7 Å². The zero-order valence-electron chi connectivity index (χ0n) is 17.4. The Bertz CT molecular complexity index is 1210. The van der Waals surface area contributed by atoms with Gasteiger partial charge in [0.05, 0.1) is 11.4 Å². The molecule has 0 saturated carbocycles. The molecule has 0 bridgehead atoms. The van der Waals surface area contributed by atoms with Crippen LogP contribution in [0.15, 0.2) is 59.1 Å². The second kappa shape index (κ2) is 9.92. The van der Waals surface area contributed by atoms with E-state index in [4.69, 9.17) is 4.74 Å². The summed E-state index contributed by atoms with van der Waals surface area (Å²) in [5.74, 6) is 0.810. The van der Waals surface area contributed by atoms with E-state index in [-0.39, 0.29) is 24.1 Å². The molecule has 1 N–H and O–H groups in total. The molecule has 4 aromatic rings. The Labute approximate surface area is 192 Å². The van der Waals surface area contributed by atoms with Crippen molar-refractivity contribution in [3.8, 4) is 17.0 Å². The van der Waals surface area contributed by atoms with Gasteiger partial charge < -0.3 is 14.6 Å². The molecule has 0 aliphatic carbocycles. The van der Waals surface area contributed by atoms with Crippen LogP contribution in [0.1, 0.15) is 11.4 Å². The van der Waals surface area contributed by atoms with Crippen LogP contribution in [0.3, 0.4) is 0 Å². The van der Waals surface area contributed by atoms with Crippen molar-refractivity contribution in [2.45, 2.75) is 18.7 Å². The minimum Gasteiger partial charge on any atom is -0.486 e. The molecule has 2 heterocycles. The lowest BCUT2D eigenvalue weighted by atomic mass is 10.1. The molecule has 0 aliphatic rings. The summed E-state index contributed by atoms with van der Waals surface area (Å²) in [5, 5.41) is 14.1. The van der Waals surface area contributed by atoms with Crippen LogP contribution in [0.2, 0.25) is 0 Å². The second-order valence-corrected chi connectivity index (χ2v) is 8.74.